The van der Waals surface area contributed by atoms with Gasteiger partial charge >= 0.3 is 5.97 Å². The highest BCUT2D eigenvalue weighted by molar-refractivity contribution is 8.00. The van der Waals surface area contributed by atoms with Crippen LogP contribution in [0.4, 0.5) is 0 Å². The molecule has 1 aromatic heterocycles. The Labute approximate surface area is 274 Å². The van der Waals surface area contributed by atoms with Crippen molar-refractivity contribution in [3.8, 4) is 0 Å². The summed E-state index contributed by atoms with van der Waals surface area (Å²) in [7, 11) is 0. The van der Waals surface area contributed by atoms with E-state index in [0.717, 1.165) is 28.2 Å². The van der Waals surface area contributed by atoms with Crippen molar-refractivity contribution in [1.82, 2.24) is 19.6 Å². The summed E-state index contributed by atoms with van der Waals surface area (Å²) in [5.74, 6) is -1.15. The van der Waals surface area contributed by atoms with E-state index in [4.69, 9.17) is 26.5 Å². The van der Waals surface area contributed by atoms with Crippen LogP contribution in [0.3, 0.4) is 0 Å². The van der Waals surface area contributed by atoms with Crippen molar-refractivity contribution in [1.29, 1.82) is 0 Å². The second-order valence-corrected chi connectivity index (χ2v) is 13.2. The maximum absolute atomic E-state index is 13.5. The number of oxime groups is 1. The molecule has 5 rings (SSSR count). The highest BCUT2D eigenvalue weighted by atomic mass is 32.2. The van der Waals surface area contributed by atoms with Crippen molar-refractivity contribution >= 4 is 64.1 Å². The molecule has 2 aliphatic heterocycles. The monoisotopic (exact) mass is 665 g/mol. The van der Waals surface area contributed by atoms with E-state index in [-0.39, 0.29) is 22.5 Å². The first kappa shape index (κ1) is 32.3. The maximum Gasteiger partial charge on any atom is 0.347 e. The summed E-state index contributed by atoms with van der Waals surface area (Å²) in [5.41, 5.74) is 3.70. The van der Waals surface area contributed by atoms with E-state index >= 15 is 0 Å². The average molecular weight is 666 g/mol. The molecule has 1 N–H and O–H groups in total. The van der Waals surface area contributed by atoms with Crippen LogP contribution in [-0.2, 0) is 28.7 Å². The third-order valence-electron chi connectivity index (χ3n) is 6.61. The SMILES string of the molecule is CC1=C(C(=S)OC(c2ccccc2)c2ccccc2)N2C(=O)C(NC(=O)C(=NOCC(=O)OC(C)(C)C)c3ncsn3)[C@H]2SC1. The van der Waals surface area contributed by atoms with Gasteiger partial charge in [-0.15, -0.1) is 11.8 Å². The molecular formula is C31H31N5O6S3. The van der Waals surface area contributed by atoms with Crippen LogP contribution in [0, 0.1) is 0 Å². The molecule has 3 aromatic rings. The Morgan fingerprint density at radius 3 is 2.33 bits per heavy atom. The predicted octanol–water partition coefficient (Wildman–Crippen LogP) is 4.41. The molecule has 1 fully saturated rings. The Hall–Kier alpha value is -4.14. The molecule has 11 nitrogen and oxygen atoms in total. The van der Waals surface area contributed by atoms with Crippen molar-refractivity contribution in [2.45, 2.75) is 50.8 Å². The van der Waals surface area contributed by atoms with Crippen molar-refractivity contribution in [3.05, 3.63) is 94.4 Å². The first-order valence-electron chi connectivity index (χ1n) is 14.0. The molecule has 2 atom stereocenters. The zero-order valence-electron chi connectivity index (χ0n) is 25.0. The van der Waals surface area contributed by atoms with Crippen LogP contribution in [0.15, 0.2) is 82.6 Å². The summed E-state index contributed by atoms with van der Waals surface area (Å²) < 4.78 is 15.7. The first-order valence-corrected chi connectivity index (χ1v) is 16.3. The highest BCUT2D eigenvalue weighted by Crippen LogP contribution is 2.41. The normalized spacial score (nSPS) is 18.2. The number of nitrogens with zero attached hydrogens (tertiary/aromatic N) is 4. The maximum atomic E-state index is 13.5. The lowest BCUT2D eigenvalue weighted by atomic mass is 10.0. The third kappa shape index (κ3) is 7.57. The van der Waals surface area contributed by atoms with Crippen molar-refractivity contribution in [3.63, 3.8) is 0 Å². The van der Waals surface area contributed by atoms with Crippen LogP contribution in [0.25, 0.3) is 0 Å². The summed E-state index contributed by atoms with van der Waals surface area (Å²) in [6.45, 7) is 6.56. The summed E-state index contributed by atoms with van der Waals surface area (Å²) in [6.07, 6.45) is -0.481. The van der Waals surface area contributed by atoms with Crippen molar-refractivity contribution in [2.24, 2.45) is 5.16 Å². The fourth-order valence-corrected chi connectivity index (χ4v) is 6.79. The van der Waals surface area contributed by atoms with Crippen LogP contribution in [0.5, 0.6) is 0 Å². The molecule has 234 valence electrons. The molecular weight excluding hydrogens is 635 g/mol. The van der Waals surface area contributed by atoms with E-state index in [1.807, 2.05) is 67.6 Å². The Morgan fingerprint density at radius 2 is 1.76 bits per heavy atom. The molecule has 0 bridgehead atoms. The quantitative estimate of drug-likeness (QED) is 0.109. The number of benzene rings is 2. The number of rotatable bonds is 10. The lowest BCUT2D eigenvalue weighted by molar-refractivity contribution is -0.160. The molecule has 2 aliphatic rings. The van der Waals surface area contributed by atoms with Crippen molar-refractivity contribution in [2.75, 3.05) is 12.4 Å². The number of hydrogen-bond donors (Lipinski definition) is 1. The van der Waals surface area contributed by atoms with Crippen LogP contribution in [-0.4, -0.2) is 72.2 Å². The van der Waals surface area contributed by atoms with Gasteiger partial charge in [0.1, 0.15) is 28.6 Å². The standard InChI is InChI=1S/C31H31N5O6S3/c1-18-16-44-29-23(33-27(38)22(26-32-17-45-35-26)34-40-15-21(37)42-31(2,3)4)28(39)36(29)24(18)30(43)41-25(19-11-7-5-8-12-19)20-13-9-6-10-14-20/h5-14,17,23,25,29H,15-16H2,1-4H3,(H,33,38)/t23?,29-/m1/s1. The molecule has 0 spiro atoms. The van der Waals surface area contributed by atoms with E-state index < -0.39 is 41.6 Å². The summed E-state index contributed by atoms with van der Waals surface area (Å²) in [4.78, 5) is 49.7. The molecule has 1 saturated heterocycles. The Balaban J connectivity index is 1.30. The number of fused-ring (bicyclic) bond motifs is 1. The lowest BCUT2D eigenvalue weighted by Crippen LogP contribution is -2.71. The topological polar surface area (TPSA) is 132 Å². The zero-order valence-corrected chi connectivity index (χ0v) is 27.4. The predicted molar refractivity (Wildman–Crippen MR) is 174 cm³/mol. The average Bonchev–Trinajstić information content (AvgIpc) is 3.55. The fraction of sp³-hybridized carbons (Fsp3) is 0.323. The van der Waals surface area contributed by atoms with E-state index in [0.29, 0.717) is 11.4 Å². The Morgan fingerprint density at radius 1 is 1.11 bits per heavy atom. The van der Waals surface area contributed by atoms with Crippen LogP contribution in [0.1, 0.15) is 50.8 Å². The van der Waals surface area contributed by atoms with Gasteiger partial charge in [-0.2, -0.15) is 4.37 Å². The summed E-state index contributed by atoms with van der Waals surface area (Å²) in [5, 5.41) is 6.33. The van der Waals surface area contributed by atoms with Gasteiger partial charge in [0.25, 0.3) is 11.8 Å². The number of ether oxygens (including phenoxy) is 2. The number of hydrogen-bond acceptors (Lipinski definition) is 12. The molecule has 0 radical (unpaired) electrons. The van der Waals surface area contributed by atoms with E-state index in [2.05, 4.69) is 19.8 Å². The number of thiocarbonyl (C=S) groups is 1. The van der Waals surface area contributed by atoms with E-state index in [1.165, 1.54) is 17.3 Å². The largest absolute Gasteiger partial charge is 0.469 e. The first-order chi connectivity index (χ1) is 21.5. The number of aromatic nitrogens is 2. The molecule has 14 heteroatoms. The molecule has 0 saturated carbocycles. The molecule has 1 unspecified atom stereocenters. The molecule has 0 aliphatic carbocycles. The van der Waals surface area contributed by atoms with Crippen LogP contribution < -0.4 is 5.32 Å². The van der Waals surface area contributed by atoms with E-state index in [1.54, 1.807) is 25.7 Å². The zero-order chi connectivity index (χ0) is 32.1. The smallest absolute Gasteiger partial charge is 0.347 e. The number of nitrogens with one attached hydrogen (secondary N) is 1. The van der Waals surface area contributed by atoms with Gasteiger partial charge in [-0.1, -0.05) is 65.8 Å². The van der Waals surface area contributed by atoms with Gasteiger partial charge in [0.15, 0.2) is 0 Å². The molecule has 2 amide bonds. The second-order valence-electron chi connectivity index (χ2n) is 11.2. The number of amides is 2. The molecule has 45 heavy (non-hydrogen) atoms. The third-order valence-corrected chi connectivity index (χ3v) is 8.81. The van der Waals surface area contributed by atoms with Crippen LogP contribution >= 0.6 is 35.5 Å². The fourth-order valence-electron chi connectivity index (χ4n) is 4.70. The number of carbonyl (C=O) groups is 3. The summed E-state index contributed by atoms with van der Waals surface area (Å²) in [6, 6.07) is 18.6. The van der Waals surface area contributed by atoms with Gasteiger partial charge in [0, 0.05) is 5.75 Å². The highest BCUT2D eigenvalue weighted by Gasteiger charge is 2.53. The van der Waals surface area contributed by atoms with Gasteiger partial charge in [0.05, 0.1) is 5.70 Å². The van der Waals surface area contributed by atoms with Gasteiger partial charge in [-0.3, -0.25) is 14.5 Å². The Bertz CT molecular complexity index is 1580. The minimum Gasteiger partial charge on any atom is -0.469 e. The van der Waals surface area contributed by atoms with Gasteiger partial charge < -0.3 is 19.6 Å². The minimum absolute atomic E-state index is 0.000451. The van der Waals surface area contributed by atoms with Gasteiger partial charge in [0.2, 0.25) is 23.2 Å². The van der Waals surface area contributed by atoms with E-state index in [9.17, 15) is 14.4 Å². The van der Waals surface area contributed by atoms with Gasteiger partial charge in [-0.25, -0.2) is 9.78 Å². The van der Waals surface area contributed by atoms with Crippen molar-refractivity contribution < 1.29 is 28.7 Å². The number of β-lactam (4-membered cyclic amide) rings is 1. The lowest BCUT2D eigenvalue weighted by Gasteiger charge is -2.50. The second kappa shape index (κ2) is 13.9. The number of esters is 1. The summed E-state index contributed by atoms with van der Waals surface area (Å²) >= 11 is 8.32. The number of thioether (sulfide) groups is 1. The van der Waals surface area contributed by atoms with Gasteiger partial charge in [-0.05, 0) is 68.1 Å². The minimum atomic E-state index is -0.873. The molecule has 3 heterocycles. The molecule has 2 aromatic carbocycles. The Kier molecular flexibility index (Phi) is 9.95. The van der Waals surface area contributed by atoms with Crippen LogP contribution in [0.2, 0.25) is 0 Å². The number of carbonyl (C=O) groups excluding carboxylic acids is 3.